The fourth-order valence-electron chi connectivity index (χ4n) is 3.73. The second-order valence-corrected chi connectivity index (χ2v) is 7.78. The smallest absolute Gasteiger partial charge is 0.253 e. The van der Waals surface area contributed by atoms with Gasteiger partial charge in [-0.05, 0) is 55.0 Å². The number of carbonyl (C=O) groups is 1. The number of pyridine rings is 2. The van der Waals surface area contributed by atoms with Gasteiger partial charge in [0.25, 0.3) is 11.5 Å². The maximum absolute atomic E-state index is 13.0. The van der Waals surface area contributed by atoms with Crippen LogP contribution in [0.4, 0.5) is 0 Å². The number of amides is 1. The zero-order chi connectivity index (χ0) is 20.0. The van der Waals surface area contributed by atoms with E-state index in [-0.39, 0.29) is 18.0 Å². The molecule has 0 radical (unpaired) electrons. The molecule has 0 aliphatic heterocycles. The summed E-state index contributed by atoms with van der Waals surface area (Å²) in [7, 11) is 0. The number of nitrogens with zero attached hydrogens (tertiary/aromatic N) is 1. The first-order valence-electron chi connectivity index (χ1n) is 9.89. The number of fused-ring (bicyclic) bond motifs is 2. The molecule has 5 nitrogen and oxygen atoms in total. The van der Waals surface area contributed by atoms with Crippen LogP contribution in [-0.4, -0.2) is 15.9 Å². The third kappa shape index (κ3) is 3.40. The van der Waals surface area contributed by atoms with E-state index in [1.807, 2.05) is 61.5 Å². The number of aromatic nitrogens is 2. The van der Waals surface area contributed by atoms with Gasteiger partial charge >= 0.3 is 0 Å². The Kier molecular flexibility index (Phi) is 4.16. The number of hydrogen-bond donors (Lipinski definition) is 2. The van der Waals surface area contributed by atoms with Crippen LogP contribution in [0.25, 0.3) is 21.8 Å². The first-order chi connectivity index (χ1) is 14.1. The zero-order valence-electron chi connectivity index (χ0n) is 16.2. The van der Waals surface area contributed by atoms with Crippen LogP contribution in [0.1, 0.15) is 45.9 Å². The Morgan fingerprint density at radius 2 is 1.97 bits per heavy atom. The largest absolute Gasteiger partial charge is 0.348 e. The van der Waals surface area contributed by atoms with Crippen molar-refractivity contribution in [1.29, 1.82) is 0 Å². The molecule has 0 unspecified atom stereocenters. The highest BCUT2D eigenvalue weighted by molar-refractivity contribution is 6.06. The van der Waals surface area contributed by atoms with Gasteiger partial charge < -0.3 is 10.3 Å². The highest BCUT2D eigenvalue weighted by atomic mass is 16.1. The second-order valence-electron chi connectivity index (χ2n) is 7.78. The molecule has 2 N–H and O–H groups in total. The molecule has 2 heterocycles. The Balaban J connectivity index is 1.45. The molecule has 0 saturated heterocycles. The van der Waals surface area contributed by atoms with Crippen molar-refractivity contribution in [3.63, 3.8) is 0 Å². The van der Waals surface area contributed by atoms with Gasteiger partial charge in [0.15, 0.2) is 0 Å². The van der Waals surface area contributed by atoms with E-state index in [0.29, 0.717) is 17.0 Å². The van der Waals surface area contributed by atoms with Crippen LogP contribution in [-0.2, 0) is 6.54 Å². The van der Waals surface area contributed by atoms with Crippen LogP contribution in [0, 0.1) is 6.92 Å². The average Bonchev–Trinajstić information content (AvgIpc) is 3.56. The number of aromatic amines is 1. The van der Waals surface area contributed by atoms with E-state index in [0.717, 1.165) is 45.9 Å². The highest BCUT2D eigenvalue weighted by Crippen LogP contribution is 2.40. The molecule has 2 aromatic carbocycles. The fourth-order valence-corrected chi connectivity index (χ4v) is 3.73. The first-order valence-corrected chi connectivity index (χ1v) is 9.89. The highest BCUT2D eigenvalue weighted by Gasteiger charge is 2.26. The van der Waals surface area contributed by atoms with Gasteiger partial charge in [0.2, 0.25) is 0 Å². The molecule has 144 valence electrons. The van der Waals surface area contributed by atoms with Gasteiger partial charge in [-0.15, -0.1) is 0 Å². The molecule has 5 rings (SSSR count). The molecule has 1 saturated carbocycles. The van der Waals surface area contributed by atoms with E-state index in [1.54, 1.807) is 0 Å². The van der Waals surface area contributed by atoms with Gasteiger partial charge in [-0.1, -0.05) is 30.3 Å². The Morgan fingerprint density at radius 3 is 2.79 bits per heavy atom. The molecule has 1 fully saturated rings. The number of nitrogens with one attached hydrogen (secondary N) is 2. The summed E-state index contributed by atoms with van der Waals surface area (Å²) in [6.07, 6.45) is 2.25. The van der Waals surface area contributed by atoms with E-state index in [4.69, 9.17) is 4.98 Å². The number of benzene rings is 2. The molecule has 29 heavy (non-hydrogen) atoms. The van der Waals surface area contributed by atoms with Crippen molar-refractivity contribution in [3.05, 3.63) is 87.3 Å². The lowest BCUT2D eigenvalue weighted by atomic mass is 10.0. The van der Waals surface area contributed by atoms with E-state index in [9.17, 15) is 9.59 Å². The summed E-state index contributed by atoms with van der Waals surface area (Å²) >= 11 is 0. The van der Waals surface area contributed by atoms with Crippen LogP contribution in [0.2, 0.25) is 0 Å². The van der Waals surface area contributed by atoms with Crippen LogP contribution >= 0.6 is 0 Å². The van der Waals surface area contributed by atoms with Crippen molar-refractivity contribution in [2.24, 2.45) is 0 Å². The molecular formula is C24H21N3O2. The monoisotopic (exact) mass is 383 g/mol. The van der Waals surface area contributed by atoms with Gasteiger partial charge in [0, 0.05) is 34.6 Å². The third-order valence-electron chi connectivity index (χ3n) is 5.49. The summed E-state index contributed by atoms with van der Waals surface area (Å²) in [5, 5.41) is 4.70. The molecular weight excluding hydrogens is 362 g/mol. The summed E-state index contributed by atoms with van der Waals surface area (Å²) in [5.74, 6) is 0.270. The van der Waals surface area contributed by atoms with Gasteiger partial charge in [-0.25, -0.2) is 0 Å². The minimum absolute atomic E-state index is 0.174. The van der Waals surface area contributed by atoms with Crippen molar-refractivity contribution in [2.45, 2.75) is 32.2 Å². The van der Waals surface area contributed by atoms with Crippen LogP contribution in [0.3, 0.4) is 0 Å². The number of rotatable bonds is 4. The summed E-state index contributed by atoms with van der Waals surface area (Å²) in [6.45, 7) is 2.16. The quantitative estimate of drug-likeness (QED) is 0.555. The van der Waals surface area contributed by atoms with E-state index < -0.39 is 0 Å². The van der Waals surface area contributed by atoms with E-state index in [2.05, 4.69) is 10.3 Å². The lowest BCUT2D eigenvalue weighted by Gasteiger charge is -2.10. The van der Waals surface area contributed by atoms with Crippen molar-refractivity contribution < 1.29 is 4.79 Å². The molecule has 5 heteroatoms. The van der Waals surface area contributed by atoms with Crippen LogP contribution in [0.15, 0.2) is 59.4 Å². The summed E-state index contributed by atoms with van der Waals surface area (Å²) in [4.78, 5) is 33.1. The lowest BCUT2D eigenvalue weighted by molar-refractivity contribution is 0.0952. The number of H-pyrrole nitrogens is 1. The minimum Gasteiger partial charge on any atom is -0.348 e. The Hall–Kier alpha value is -3.47. The molecule has 0 bridgehead atoms. The molecule has 1 amide bonds. The van der Waals surface area contributed by atoms with E-state index in [1.165, 1.54) is 0 Å². The maximum Gasteiger partial charge on any atom is 0.253 e. The van der Waals surface area contributed by atoms with Crippen LogP contribution < -0.4 is 10.9 Å². The molecule has 1 aliphatic carbocycles. The molecule has 4 aromatic rings. The van der Waals surface area contributed by atoms with Crippen molar-refractivity contribution in [3.8, 4) is 0 Å². The summed E-state index contributed by atoms with van der Waals surface area (Å²) in [6, 6.07) is 17.4. The normalized spacial score (nSPS) is 13.7. The second kappa shape index (κ2) is 6.85. The van der Waals surface area contributed by atoms with Crippen LogP contribution in [0.5, 0.6) is 0 Å². The average molecular weight is 383 g/mol. The molecule has 2 aromatic heterocycles. The summed E-state index contributed by atoms with van der Waals surface area (Å²) in [5.41, 5.74) is 4.68. The van der Waals surface area contributed by atoms with Gasteiger partial charge in [-0.3, -0.25) is 14.6 Å². The van der Waals surface area contributed by atoms with E-state index >= 15 is 0 Å². The standard InChI is InChI=1S/C24H21N3O2/c1-14-6-7-16-11-17(23(28)27-21(16)10-14)13-25-24(29)19-12-22(15-8-9-15)26-20-5-3-2-4-18(19)20/h2-7,10-12,15H,8-9,13H2,1H3,(H,25,29)(H,27,28). The fraction of sp³-hybridized carbons (Fsp3) is 0.208. The predicted molar refractivity (Wildman–Crippen MR) is 114 cm³/mol. The Labute approximate surface area is 167 Å². The number of carbonyl (C=O) groups excluding carboxylic acids is 1. The Bertz CT molecular complexity index is 1320. The lowest BCUT2D eigenvalue weighted by Crippen LogP contribution is -2.27. The molecule has 1 aliphatic rings. The van der Waals surface area contributed by atoms with Gasteiger partial charge in [0.05, 0.1) is 11.1 Å². The van der Waals surface area contributed by atoms with Gasteiger partial charge in [-0.2, -0.15) is 0 Å². The van der Waals surface area contributed by atoms with Gasteiger partial charge in [0.1, 0.15) is 0 Å². The molecule has 0 spiro atoms. The third-order valence-corrected chi connectivity index (χ3v) is 5.49. The van der Waals surface area contributed by atoms with Crippen molar-refractivity contribution >= 4 is 27.7 Å². The summed E-state index contributed by atoms with van der Waals surface area (Å²) < 4.78 is 0. The topological polar surface area (TPSA) is 74.8 Å². The number of aryl methyl sites for hydroxylation is 1. The first kappa shape index (κ1) is 17.6. The van der Waals surface area contributed by atoms with Crippen molar-refractivity contribution in [2.75, 3.05) is 0 Å². The molecule has 0 atom stereocenters. The maximum atomic E-state index is 13.0. The SMILES string of the molecule is Cc1ccc2cc(CNC(=O)c3cc(C4CC4)nc4ccccc34)c(=O)[nH]c2c1. The number of hydrogen-bond acceptors (Lipinski definition) is 3. The zero-order valence-corrected chi connectivity index (χ0v) is 16.2. The predicted octanol–water partition coefficient (Wildman–Crippen LogP) is 4.19. The number of para-hydroxylation sites is 1. The van der Waals surface area contributed by atoms with Crippen molar-refractivity contribution in [1.82, 2.24) is 15.3 Å². The Morgan fingerprint density at radius 1 is 1.14 bits per heavy atom. The minimum atomic E-state index is -0.186.